The van der Waals surface area contributed by atoms with Gasteiger partial charge < -0.3 is 9.84 Å². The summed E-state index contributed by atoms with van der Waals surface area (Å²) in [5.41, 5.74) is 1.38. The molecule has 0 atom stereocenters. The molecule has 1 heterocycles. The van der Waals surface area contributed by atoms with Crippen LogP contribution < -0.4 is 4.74 Å². The van der Waals surface area contributed by atoms with Crippen molar-refractivity contribution in [2.24, 2.45) is 0 Å². The van der Waals surface area contributed by atoms with Gasteiger partial charge in [-0.05, 0) is 0 Å². The lowest BCUT2D eigenvalue weighted by Crippen LogP contribution is -2.02. The van der Waals surface area contributed by atoms with Crippen LogP contribution in [-0.2, 0) is 0 Å². The predicted octanol–water partition coefficient (Wildman–Crippen LogP) is 2.13. The minimum atomic E-state index is -1.35. The number of benzene rings is 1. The van der Waals surface area contributed by atoms with Crippen LogP contribution in [0.15, 0.2) is 36.5 Å². The molecule has 0 saturated heterocycles. The molecule has 76 valence electrons. The highest BCUT2D eigenvalue weighted by atomic mass is 16.7. The fourth-order valence-corrected chi connectivity index (χ4v) is 1.26. The third-order valence-electron chi connectivity index (χ3n) is 1.86. The Hall–Kier alpha value is -2.30. The Balaban J connectivity index is 2.37. The number of nitrogens with one attached hydrogen (secondary N) is 1. The molecule has 0 unspecified atom stereocenters. The van der Waals surface area contributed by atoms with Crippen LogP contribution >= 0.6 is 0 Å². The normalized spacial score (nSPS) is 9.87. The number of carboxylic acid groups (broad SMARTS) is 1. The molecule has 0 radical (unpaired) electrons. The molecular weight excluding hydrogens is 196 g/mol. The molecule has 0 saturated carbocycles. The van der Waals surface area contributed by atoms with E-state index in [2.05, 4.69) is 14.9 Å². The molecule has 1 aromatic heterocycles. The molecule has 2 aromatic rings. The first-order chi connectivity index (χ1) is 7.27. The van der Waals surface area contributed by atoms with Crippen molar-refractivity contribution in [3.63, 3.8) is 0 Å². The number of rotatable bonds is 2. The van der Waals surface area contributed by atoms with Crippen LogP contribution in [0.25, 0.3) is 11.3 Å². The van der Waals surface area contributed by atoms with Gasteiger partial charge in [0.15, 0.2) is 5.75 Å². The Bertz CT molecular complexity index is 465. The van der Waals surface area contributed by atoms with Crippen molar-refractivity contribution in [1.29, 1.82) is 0 Å². The second kappa shape index (κ2) is 3.83. The number of ether oxygens (including phenoxy) is 1. The number of aromatic nitrogens is 2. The molecular formula is C10H8N2O3. The Morgan fingerprint density at radius 1 is 1.33 bits per heavy atom. The summed E-state index contributed by atoms with van der Waals surface area (Å²) < 4.78 is 4.56. The minimum Gasteiger partial charge on any atom is -0.449 e. The average Bonchev–Trinajstić information content (AvgIpc) is 2.66. The number of carbonyl (C=O) groups is 1. The van der Waals surface area contributed by atoms with Crippen molar-refractivity contribution in [2.45, 2.75) is 0 Å². The highest BCUT2D eigenvalue weighted by Gasteiger charge is 2.11. The smallest absolute Gasteiger partial charge is 0.449 e. The second-order valence-corrected chi connectivity index (χ2v) is 2.84. The van der Waals surface area contributed by atoms with E-state index in [1.165, 1.54) is 6.20 Å². The van der Waals surface area contributed by atoms with Crippen LogP contribution in [0.4, 0.5) is 4.79 Å². The van der Waals surface area contributed by atoms with Crippen molar-refractivity contribution in [3.05, 3.63) is 36.5 Å². The maximum Gasteiger partial charge on any atom is 0.511 e. The highest BCUT2D eigenvalue weighted by molar-refractivity contribution is 5.70. The van der Waals surface area contributed by atoms with Crippen molar-refractivity contribution in [3.8, 4) is 17.0 Å². The lowest BCUT2D eigenvalue weighted by atomic mass is 10.1. The Labute approximate surface area is 85.3 Å². The Kier molecular flexibility index (Phi) is 2.37. The van der Waals surface area contributed by atoms with E-state index in [4.69, 9.17) is 5.11 Å². The summed E-state index contributed by atoms with van der Waals surface area (Å²) in [5.74, 6) is 0.203. The van der Waals surface area contributed by atoms with Crippen molar-refractivity contribution in [1.82, 2.24) is 10.2 Å². The zero-order valence-electron chi connectivity index (χ0n) is 7.68. The fourth-order valence-electron chi connectivity index (χ4n) is 1.26. The van der Waals surface area contributed by atoms with E-state index in [0.717, 1.165) is 5.56 Å². The van der Waals surface area contributed by atoms with Gasteiger partial charge in [-0.15, -0.1) is 0 Å². The fraction of sp³-hybridized carbons (Fsp3) is 0. The summed E-state index contributed by atoms with van der Waals surface area (Å²) in [6, 6.07) is 9.24. The van der Waals surface area contributed by atoms with Crippen LogP contribution in [-0.4, -0.2) is 21.5 Å². The molecule has 2 N–H and O–H groups in total. The maximum atomic E-state index is 10.4. The third-order valence-corrected chi connectivity index (χ3v) is 1.86. The van der Waals surface area contributed by atoms with Crippen LogP contribution in [0.5, 0.6) is 5.75 Å². The quantitative estimate of drug-likeness (QED) is 0.735. The minimum absolute atomic E-state index is 0.203. The number of aromatic amines is 1. The summed E-state index contributed by atoms with van der Waals surface area (Å²) in [7, 11) is 0. The van der Waals surface area contributed by atoms with Crippen LogP contribution in [0.3, 0.4) is 0 Å². The van der Waals surface area contributed by atoms with E-state index in [9.17, 15) is 4.79 Å². The van der Waals surface area contributed by atoms with Gasteiger partial charge in [-0.25, -0.2) is 4.79 Å². The Morgan fingerprint density at radius 3 is 2.73 bits per heavy atom. The Morgan fingerprint density at radius 2 is 2.07 bits per heavy atom. The second-order valence-electron chi connectivity index (χ2n) is 2.84. The largest absolute Gasteiger partial charge is 0.511 e. The molecule has 0 spiro atoms. The van der Waals surface area contributed by atoms with Crippen LogP contribution in [0, 0.1) is 0 Å². The molecule has 0 aliphatic carbocycles. The first-order valence-electron chi connectivity index (χ1n) is 4.27. The summed E-state index contributed by atoms with van der Waals surface area (Å²) in [6.07, 6.45) is -0.0234. The maximum absolute atomic E-state index is 10.4. The lowest BCUT2D eigenvalue weighted by Gasteiger charge is -2.00. The first-order valence-corrected chi connectivity index (χ1v) is 4.27. The van der Waals surface area contributed by atoms with Gasteiger partial charge in [-0.1, -0.05) is 30.3 Å². The third kappa shape index (κ3) is 1.96. The van der Waals surface area contributed by atoms with E-state index in [1.54, 1.807) is 0 Å². The summed E-state index contributed by atoms with van der Waals surface area (Å²) in [5, 5.41) is 14.9. The molecule has 5 heteroatoms. The van der Waals surface area contributed by atoms with E-state index < -0.39 is 6.16 Å². The molecule has 0 amide bonds. The van der Waals surface area contributed by atoms with Gasteiger partial charge >= 0.3 is 6.16 Å². The van der Waals surface area contributed by atoms with Gasteiger partial charge in [-0.3, -0.25) is 5.10 Å². The van der Waals surface area contributed by atoms with E-state index in [1.807, 2.05) is 30.3 Å². The molecule has 5 nitrogen and oxygen atoms in total. The molecule has 0 aliphatic rings. The van der Waals surface area contributed by atoms with E-state index in [-0.39, 0.29) is 5.75 Å². The number of hydrogen-bond acceptors (Lipinski definition) is 3. The molecule has 0 aliphatic heterocycles. The molecule has 2 rings (SSSR count). The summed E-state index contributed by atoms with van der Waals surface area (Å²) in [6.45, 7) is 0. The standard InChI is InChI=1S/C10H8N2O3/c13-10(14)15-8-6-11-12-9(8)7-4-2-1-3-5-7/h1-6H,(H,11,12)(H,13,14). The van der Waals surface area contributed by atoms with Crippen LogP contribution in [0.1, 0.15) is 0 Å². The molecule has 15 heavy (non-hydrogen) atoms. The first kappa shape index (κ1) is 9.26. The van der Waals surface area contributed by atoms with Gasteiger partial charge in [0, 0.05) is 5.56 Å². The van der Waals surface area contributed by atoms with Gasteiger partial charge in [0.2, 0.25) is 0 Å². The average molecular weight is 204 g/mol. The SMILES string of the molecule is O=C(O)Oc1cn[nH]c1-c1ccccc1. The topological polar surface area (TPSA) is 75.2 Å². The summed E-state index contributed by atoms with van der Waals surface area (Å²) >= 11 is 0. The van der Waals surface area contributed by atoms with E-state index in [0.29, 0.717) is 5.69 Å². The van der Waals surface area contributed by atoms with Gasteiger partial charge in [0.05, 0.1) is 6.20 Å². The van der Waals surface area contributed by atoms with Crippen molar-refractivity contribution >= 4 is 6.16 Å². The number of nitrogens with zero attached hydrogens (tertiary/aromatic N) is 1. The van der Waals surface area contributed by atoms with Crippen molar-refractivity contribution in [2.75, 3.05) is 0 Å². The number of H-pyrrole nitrogens is 1. The molecule has 0 bridgehead atoms. The van der Waals surface area contributed by atoms with Gasteiger partial charge in [0.1, 0.15) is 5.69 Å². The highest BCUT2D eigenvalue weighted by Crippen LogP contribution is 2.26. The summed E-state index contributed by atoms with van der Waals surface area (Å²) in [4.78, 5) is 10.4. The van der Waals surface area contributed by atoms with Gasteiger partial charge in [0.25, 0.3) is 0 Å². The van der Waals surface area contributed by atoms with E-state index >= 15 is 0 Å². The molecule has 0 fully saturated rings. The monoisotopic (exact) mass is 204 g/mol. The van der Waals surface area contributed by atoms with Crippen molar-refractivity contribution < 1.29 is 14.6 Å². The van der Waals surface area contributed by atoms with Gasteiger partial charge in [-0.2, -0.15) is 5.10 Å². The lowest BCUT2D eigenvalue weighted by molar-refractivity contribution is 0.144. The molecule has 1 aromatic carbocycles. The zero-order chi connectivity index (χ0) is 10.7. The predicted molar refractivity (Wildman–Crippen MR) is 52.7 cm³/mol. The van der Waals surface area contributed by atoms with Crippen LogP contribution in [0.2, 0.25) is 0 Å². The zero-order valence-corrected chi connectivity index (χ0v) is 7.68. The number of hydrogen-bond donors (Lipinski definition) is 2.